The van der Waals surface area contributed by atoms with Gasteiger partial charge in [0, 0.05) is 26.1 Å². The molecule has 0 bridgehead atoms. The highest BCUT2D eigenvalue weighted by Crippen LogP contribution is 2.18. The Bertz CT molecular complexity index is 531. The Morgan fingerprint density at radius 1 is 1.17 bits per heavy atom. The molecule has 2 amide bonds. The summed E-state index contributed by atoms with van der Waals surface area (Å²) in [7, 11) is 0. The SMILES string of the molecule is CCOC(=O)CCCCCNC(=O)N1CCc2ccccc2C1. The molecule has 5 nitrogen and oxygen atoms in total. The van der Waals surface area contributed by atoms with Gasteiger partial charge in [-0.25, -0.2) is 4.79 Å². The van der Waals surface area contributed by atoms with Gasteiger partial charge in [-0.2, -0.15) is 0 Å². The number of nitrogens with one attached hydrogen (secondary N) is 1. The molecule has 126 valence electrons. The summed E-state index contributed by atoms with van der Waals surface area (Å²) in [5.41, 5.74) is 2.58. The van der Waals surface area contributed by atoms with Crippen LogP contribution < -0.4 is 5.32 Å². The van der Waals surface area contributed by atoms with Gasteiger partial charge in [-0.15, -0.1) is 0 Å². The van der Waals surface area contributed by atoms with Gasteiger partial charge in [0.1, 0.15) is 0 Å². The largest absolute Gasteiger partial charge is 0.466 e. The van der Waals surface area contributed by atoms with E-state index in [1.807, 2.05) is 24.0 Å². The number of amides is 2. The number of hydrogen-bond acceptors (Lipinski definition) is 3. The number of esters is 1. The third-order valence-corrected chi connectivity index (χ3v) is 4.06. The number of fused-ring (bicyclic) bond motifs is 1. The molecule has 1 heterocycles. The van der Waals surface area contributed by atoms with E-state index >= 15 is 0 Å². The minimum absolute atomic E-state index is 0.00453. The molecule has 1 aliphatic rings. The van der Waals surface area contributed by atoms with Crippen LogP contribution in [-0.2, 0) is 22.5 Å². The van der Waals surface area contributed by atoms with Gasteiger partial charge in [0.05, 0.1) is 6.61 Å². The molecule has 1 aromatic carbocycles. The smallest absolute Gasteiger partial charge is 0.317 e. The summed E-state index contributed by atoms with van der Waals surface area (Å²) in [6.45, 7) is 4.36. The lowest BCUT2D eigenvalue weighted by molar-refractivity contribution is -0.143. The van der Waals surface area contributed by atoms with Gasteiger partial charge >= 0.3 is 12.0 Å². The Morgan fingerprint density at radius 3 is 2.74 bits per heavy atom. The molecule has 5 heteroatoms. The fourth-order valence-corrected chi connectivity index (χ4v) is 2.78. The standard InChI is InChI=1S/C18H26N2O3/c1-2-23-17(21)10-4-3-7-12-19-18(22)20-13-11-15-8-5-6-9-16(15)14-20/h5-6,8-9H,2-4,7,10-14H2,1H3,(H,19,22). The number of urea groups is 1. The lowest BCUT2D eigenvalue weighted by Crippen LogP contribution is -2.43. The van der Waals surface area contributed by atoms with E-state index < -0.39 is 0 Å². The van der Waals surface area contributed by atoms with Crippen LogP contribution in [0.5, 0.6) is 0 Å². The van der Waals surface area contributed by atoms with Crippen molar-refractivity contribution in [2.24, 2.45) is 0 Å². The van der Waals surface area contributed by atoms with Crippen molar-refractivity contribution in [3.05, 3.63) is 35.4 Å². The number of ether oxygens (including phenoxy) is 1. The second-order valence-electron chi connectivity index (χ2n) is 5.79. The van der Waals surface area contributed by atoms with Crippen LogP contribution in [0.25, 0.3) is 0 Å². The number of benzene rings is 1. The van der Waals surface area contributed by atoms with Crippen LogP contribution in [0.2, 0.25) is 0 Å². The highest BCUT2D eigenvalue weighted by molar-refractivity contribution is 5.74. The monoisotopic (exact) mass is 318 g/mol. The summed E-state index contributed by atoms with van der Waals surface area (Å²) in [6, 6.07) is 8.29. The minimum atomic E-state index is -0.136. The molecule has 0 radical (unpaired) electrons. The molecule has 0 atom stereocenters. The minimum Gasteiger partial charge on any atom is -0.466 e. The van der Waals surface area contributed by atoms with Crippen molar-refractivity contribution in [2.45, 2.75) is 45.6 Å². The van der Waals surface area contributed by atoms with E-state index in [0.717, 1.165) is 32.2 Å². The maximum atomic E-state index is 12.2. The van der Waals surface area contributed by atoms with Gasteiger partial charge in [0.25, 0.3) is 0 Å². The van der Waals surface area contributed by atoms with Gasteiger partial charge in [-0.05, 0) is 37.3 Å². The van der Waals surface area contributed by atoms with Crippen LogP contribution in [0.3, 0.4) is 0 Å². The van der Waals surface area contributed by atoms with Crippen LogP contribution in [0, 0.1) is 0 Å². The average molecular weight is 318 g/mol. The third kappa shape index (κ3) is 5.58. The zero-order valence-electron chi connectivity index (χ0n) is 13.8. The maximum absolute atomic E-state index is 12.2. The summed E-state index contributed by atoms with van der Waals surface area (Å²) in [4.78, 5) is 25.2. The van der Waals surface area contributed by atoms with Crippen molar-refractivity contribution in [1.82, 2.24) is 10.2 Å². The average Bonchev–Trinajstić information content (AvgIpc) is 2.57. The Hall–Kier alpha value is -2.04. The van der Waals surface area contributed by atoms with Gasteiger partial charge < -0.3 is 15.0 Å². The van der Waals surface area contributed by atoms with Crippen LogP contribution >= 0.6 is 0 Å². The number of unbranched alkanes of at least 4 members (excludes halogenated alkanes) is 2. The van der Waals surface area contributed by atoms with E-state index in [1.165, 1.54) is 11.1 Å². The number of carbonyl (C=O) groups excluding carboxylic acids is 2. The molecule has 0 aromatic heterocycles. The van der Waals surface area contributed by atoms with Crippen molar-refractivity contribution in [3.8, 4) is 0 Å². The maximum Gasteiger partial charge on any atom is 0.317 e. The lowest BCUT2D eigenvalue weighted by atomic mass is 10.0. The Kier molecular flexibility index (Phi) is 6.91. The van der Waals surface area contributed by atoms with Crippen molar-refractivity contribution in [3.63, 3.8) is 0 Å². The van der Waals surface area contributed by atoms with Crippen LogP contribution in [0.4, 0.5) is 4.79 Å². The predicted octanol–water partition coefficient (Wildman–Crippen LogP) is 2.88. The number of nitrogens with zero attached hydrogens (tertiary/aromatic N) is 1. The predicted molar refractivity (Wildman–Crippen MR) is 89.1 cm³/mol. The highest BCUT2D eigenvalue weighted by atomic mass is 16.5. The zero-order chi connectivity index (χ0) is 16.5. The fourth-order valence-electron chi connectivity index (χ4n) is 2.78. The quantitative estimate of drug-likeness (QED) is 0.621. The first-order chi connectivity index (χ1) is 11.2. The van der Waals surface area contributed by atoms with E-state index in [4.69, 9.17) is 4.74 Å². The zero-order valence-corrected chi connectivity index (χ0v) is 13.8. The third-order valence-electron chi connectivity index (χ3n) is 4.06. The Morgan fingerprint density at radius 2 is 1.96 bits per heavy atom. The molecule has 1 N–H and O–H groups in total. The molecule has 0 spiro atoms. The van der Waals surface area contributed by atoms with Crippen molar-refractivity contribution in [2.75, 3.05) is 19.7 Å². The van der Waals surface area contributed by atoms with E-state index in [1.54, 1.807) is 0 Å². The molecular weight excluding hydrogens is 292 g/mol. The Balaban J connectivity index is 1.60. The summed E-state index contributed by atoms with van der Waals surface area (Å²) in [5, 5.41) is 2.97. The number of hydrogen-bond donors (Lipinski definition) is 1. The molecule has 0 saturated carbocycles. The first-order valence-corrected chi connectivity index (χ1v) is 8.46. The first-order valence-electron chi connectivity index (χ1n) is 8.46. The van der Waals surface area contributed by atoms with Crippen LogP contribution in [-0.4, -0.2) is 36.6 Å². The molecule has 1 aliphatic heterocycles. The lowest BCUT2D eigenvalue weighted by Gasteiger charge is -2.29. The van der Waals surface area contributed by atoms with Gasteiger partial charge in [-0.1, -0.05) is 30.7 Å². The van der Waals surface area contributed by atoms with Crippen molar-refractivity contribution >= 4 is 12.0 Å². The molecule has 0 fully saturated rings. The van der Waals surface area contributed by atoms with E-state index in [9.17, 15) is 9.59 Å². The van der Waals surface area contributed by atoms with Crippen molar-refractivity contribution < 1.29 is 14.3 Å². The topological polar surface area (TPSA) is 58.6 Å². The summed E-state index contributed by atoms with van der Waals surface area (Å²) < 4.78 is 4.88. The molecular formula is C18H26N2O3. The van der Waals surface area contributed by atoms with Gasteiger partial charge in [0.2, 0.25) is 0 Å². The van der Waals surface area contributed by atoms with Gasteiger partial charge in [-0.3, -0.25) is 4.79 Å². The summed E-state index contributed by atoms with van der Waals surface area (Å²) >= 11 is 0. The Labute approximate surface area is 138 Å². The molecule has 0 unspecified atom stereocenters. The highest BCUT2D eigenvalue weighted by Gasteiger charge is 2.19. The van der Waals surface area contributed by atoms with Crippen LogP contribution in [0.1, 0.15) is 43.7 Å². The first kappa shape index (κ1) is 17.3. The number of rotatable bonds is 7. The second-order valence-corrected chi connectivity index (χ2v) is 5.79. The summed E-state index contributed by atoms with van der Waals surface area (Å²) in [6.07, 6.45) is 4.00. The normalized spacial score (nSPS) is 13.3. The molecule has 2 rings (SSSR count). The van der Waals surface area contributed by atoms with E-state index in [0.29, 0.717) is 26.1 Å². The number of carbonyl (C=O) groups is 2. The molecule has 1 aromatic rings. The molecule has 0 aliphatic carbocycles. The summed E-state index contributed by atoms with van der Waals surface area (Å²) in [5.74, 6) is -0.136. The van der Waals surface area contributed by atoms with Crippen LogP contribution in [0.15, 0.2) is 24.3 Å². The van der Waals surface area contributed by atoms with E-state index in [2.05, 4.69) is 17.4 Å². The van der Waals surface area contributed by atoms with Crippen molar-refractivity contribution in [1.29, 1.82) is 0 Å². The molecule has 0 saturated heterocycles. The fraction of sp³-hybridized carbons (Fsp3) is 0.556. The molecule has 23 heavy (non-hydrogen) atoms. The second kappa shape index (κ2) is 9.18. The van der Waals surface area contributed by atoms with Gasteiger partial charge in [0.15, 0.2) is 0 Å². The van der Waals surface area contributed by atoms with E-state index in [-0.39, 0.29) is 12.0 Å².